The normalized spacial score (nSPS) is 26.4. The van der Waals surface area contributed by atoms with E-state index in [4.69, 9.17) is 5.73 Å². The molecule has 1 aromatic rings. The predicted octanol–water partition coefficient (Wildman–Crippen LogP) is 0.861. The molecule has 2 atom stereocenters. The summed E-state index contributed by atoms with van der Waals surface area (Å²) in [5.74, 6) is 1.84. The Morgan fingerprint density at radius 2 is 2.31 bits per heavy atom. The van der Waals surface area contributed by atoms with Crippen LogP contribution in [-0.4, -0.2) is 40.1 Å². The second-order valence-electron chi connectivity index (χ2n) is 4.77. The summed E-state index contributed by atoms with van der Waals surface area (Å²) in [7, 11) is 0. The molecule has 1 fully saturated rings. The van der Waals surface area contributed by atoms with Gasteiger partial charge < -0.3 is 10.3 Å². The minimum atomic E-state index is 0.573. The van der Waals surface area contributed by atoms with Gasteiger partial charge in [-0.2, -0.15) is 0 Å². The number of imidazole rings is 1. The first-order valence-corrected chi connectivity index (χ1v) is 6.14. The number of hydrogen-bond donors (Lipinski definition) is 1. The van der Waals surface area contributed by atoms with Gasteiger partial charge in [0.1, 0.15) is 5.82 Å². The van der Waals surface area contributed by atoms with E-state index in [0.717, 1.165) is 31.4 Å². The molecule has 1 saturated heterocycles. The molecule has 0 radical (unpaired) electrons. The summed E-state index contributed by atoms with van der Waals surface area (Å²) in [5, 5.41) is 0. The van der Waals surface area contributed by atoms with Crippen LogP contribution >= 0.6 is 0 Å². The monoisotopic (exact) mass is 222 g/mol. The number of likely N-dealkylation sites (tertiary alicyclic amines) is 1. The highest BCUT2D eigenvalue weighted by molar-refractivity contribution is 4.90. The smallest absolute Gasteiger partial charge is 0.105 e. The van der Waals surface area contributed by atoms with Crippen molar-refractivity contribution in [2.45, 2.75) is 32.9 Å². The summed E-state index contributed by atoms with van der Waals surface area (Å²) in [6.07, 6.45) is 5.19. The average molecular weight is 222 g/mol. The van der Waals surface area contributed by atoms with Gasteiger partial charge in [-0.3, -0.25) is 4.90 Å². The van der Waals surface area contributed by atoms with E-state index < -0.39 is 0 Å². The second-order valence-corrected chi connectivity index (χ2v) is 4.77. The van der Waals surface area contributed by atoms with Crippen molar-refractivity contribution >= 4 is 0 Å². The molecule has 0 spiro atoms. The fourth-order valence-electron chi connectivity index (χ4n) is 2.62. The molecule has 0 bridgehead atoms. The zero-order valence-electron chi connectivity index (χ0n) is 10.3. The van der Waals surface area contributed by atoms with Crippen LogP contribution in [0.5, 0.6) is 0 Å². The molecule has 2 N–H and O–H groups in total. The van der Waals surface area contributed by atoms with Gasteiger partial charge in [-0.25, -0.2) is 4.98 Å². The van der Waals surface area contributed by atoms with Crippen molar-refractivity contribution in [3.8, 4) is 0 Å². The Labute approximate surface area is 97.4 Å². The minimum absolute atomic E-state index is 0.573. The van der Waals surface area contributed by atoms with Gasteiger partial charge in [0.15, 0.2) is 0 Å². The third-order valence-electron chi connectivity index (χ3n) is 3.79. The van der Waals surface area contributed by atoms with Gasteiger partial charge in [0.25, 0.3) is 0 Å². The summed E-state index contributed by atoms with van der Waals surface area (Å²) in [6.45, 7) is 8.44. The van der Waals surface area contributed by atoms with Gasteiger partial charge in [0, 0.05) is 38.1 Å². The van der Waals surface area contributed by atoms with Gasteiger partial charge in [0.05, 0.1) is 0 Å². The van der Waals surface area contributed by atoms with Crippen molar-refractivity contribution < 1.29 is 0 Å². The Kier molecular flexibility index (Phi) is 3.61. The van der Waals surface area contributed by atoms with Crippen LogP contribution in [0.2, 0.25) is 0 Å². The Balaban J connectivity index is 1.89. The molecule has 0 aliphatic carbocycles. The van der Waals surface area contributed by atoms with Gasteiger partial charge in [0.2, 0.25) is 0 Å². The van der Waals surface area contributed by atoms with Crippen molar-refractivity contribution in [1.82, 2.24) is 14.5 Å². The van der Waals surface area contributed by atoms with Crippen LogP contribution in [-0.2, 0) is 6.54 Å². The predicted molar refractivity (Wildman–Crippen MR) is 65.2 cm³/mol. The summed E-state index contributed by atoms with van der Waals surface area (Å²) in [4.78, 5) is 6.75. The standard InChI is InChI=1S/C12H22N4/c1-10-3-5-16(12(10)9-13)8-7-15-6-4-14-11(15)2/h4,6,10,12H,3,5,7-9,13H2,1-2H3. The quantitative estimate of drug-likeness (QED) is 0.822. The van der Waals surface area contributed by atoms with Gasteiger partial charge in [-0.05, 0) is 25.8 Å². The number of hydrogen-bond acceptors (Lipinski definition) is 3. The van der Waals surface area contributed by atoms with E-state index in [2.05, 4.69) is 21.4 Å². The number of aryl methyl sites for hydroxylation is 1. The molecule has 16 heavy (non-hydrogen) atoms. The van der Waals surface area contributed by atoms with Crippen LogP contribution in [0.1, 0.15) is 19.2 Å². The maximum Gasteiger partial charge on any atom is 0.105 e. The van der Waals surface area contributed by atoms with Crippen LogP contribution in [0, 0.1) is 12.8 Å². The molecule has 90 valence electrons. The third-order valence-corrected chi connectivity index (χ3v) is 3.79. The highest BCUT2D eigenvalue weighted by Crippen LogP contribution is 2.22. The topological polar surface area (TPSA) is 47.1 Å². The largest absolute Gasteiger partial charge is 0.334 e. The summed E-state index contributed by atoms with van der Waals surface area (Å²) in [5.41, 5.74) is 5.83. The van der Waals surface area contributed by atoms with E-state index >= 15 is 0 Å². The Morgan fingerprint density at radius 1 is 1.50 bits per heavy atom. The van der Waals surface area contributed by atoms with E-state index in [9.17, 15) is 0 Å². The van der Waals surface area contributed by atoms with E-state index in [1.54, 1.807) is 0 Å². The van der Waals surface area contributed by atoms with E-state index in [0.29, 0.717) is 6.04 Å². The van der Waals surface area contributed by atoms with Gasteiger partial charge in [-0.1, -0.05) is 6.92 Å². The van der Waals surface area contributed by atoms with Gasteiger partial charge in [-0.15, -0.1) is 0 Å². The van der Waals surface area contributed by atoms with Crippen LogP contribution < -0.4 is 5.73 Å². The lowest BCUT2D eigenvalue weighted by atomic mass is 10.0. The van der Waals surface area contributed by atoms with Crippen molar-refractivity contribution in [2.75, 3.05) is 19.6 Å². The Bertz CT molecular complexity index is 334. The van der Waals surface area contributed by atoms with E-state index in [1.807, 2.05) is 19.3 Å². The summed E-state index contributed by atoms with van der Waals surface area (Å²) >= 11 is 0. The maximum atomic E-state index is 5.83. The highest BCUT2D eigenvalue weighted by atomic mass is 15.2. The van der Waals surface area contributed by atoms with Crippen LogP contribution in [0.4, 0.5) is 0 Å². The number of nitrogens with zero attached hydrogens (tertiary/aromatic N) is 3. The molecule has 2 rings (SSSR count). The molecule has 4 nitrogen and oxygen atoms in total. The van der Waals surface area contributed by atoms with E-state index in [1.165, 1.54) is 13.0 Å². The number of nitrogens with two attached hydrogens (primary N) is 1. The van der Waals surface area contributed by atoms with Crippen molar-refractivity contribution in [1.29, 1.82) is 0 Å². The third kappa shape index (κ3) is 2.28. The molecule has 1 aliphatic rings. The van der Waals surface area contributed by atoms with Crippen molar-refractivity contribution in [3.05, 3.63) is 18.2 Å². The lowest BCUT2D eigenvalue weighted by Crippen LogP contribution is -2.40. The molecule has 0 aromatic carbocycles. The van der Waals surface area contributed by atoms with Crippen molar-refractivity contribution in [2.24, 2.45) is 11.7 Å². The molecule has 4 heteroatoms. The van der Waals surface area contributed by atoms with Crippen LogP contribution in [0.3, 0.4) is 0 Å². The number of rotatable bonds is 4. The molecule has 2 heterocycles. The average Bonchev–Trinajstić information content (AvgIpc) is 2.82. The van der Waals surface area contributed by atoms with Crippen molar-refractivity contribution in [3.63, 3.8) is 0 Å². The summed E-state index contributed by atoms with van der Waals surface area (Å²) in [6, 6.07) is 0.573. The minimum Gasteiger partial charge on any atom is -0.334 e. The summed E-state index contributed by atoms with van der Waals surface area (Å²) < 4.78 is 2.20. The lowest BCUT2D eigenvalue weighted by molar-refractivity contribution is 0.227. The molecule has 1 aromatic heterocycles. The number of aromatic nitrogens is 2. The highest BCUT2D eigenvalue weighted by Gasteiger charge is 2.29. The molecule has 1 aliphatic heterocycles. The first-order valence-electron chi connectivity index (χ1n) is 6.14. The SMILES string of the molecule is Cc1nccn1CCN1CCC(C)C1CN. The molecule has 0 saturated carbocycles. The molecular weight excluding hydrogens is 200 g/mol. The Morgan fingerprint density at radius 3 is 2.94 bits per heavy atom. The van der Waals surface area contributed by atoms with Crippen LogP contribution in [0.25, 0.3) is 0 Å². The Hall–Kier alpha value is -0.870. The fourth-order valence-corrected chi connectivity index (χ4v) is 2.62. The zero-order chi connectivity index (χ0) is 11.5. The second kappa shape index (κ2) is 4.97. The fraction of sp³-hybridized carbons (Fsp3) is 0.750. The zero-order valence-corrected chi connectivity index (χ0v) is 10.3. The molecule has 2 unspecified atom stereocenters. The van der Waals surface area contributed by atoms with Crippen LogP contribution in [0.15, 0.2) is 12.4 Å². The molecule has 0 amide bonds. The first kappa shape index (κ1) is 11.6. The van der Waals surface area contributed by atoms with E-state index in [-0.39, 0.29) is 0 Å². The maximum absolute atomic E-state index is 5.83. The lowest BCUT2D eigenvalue weighted by Gasteiger charge is -2.25. The van der Waals surface area contributed by atoms with Gasteiger partial charge >= 0.3 is 0 Å². The molecular formula is C12H22N4. The first-order chi connectivity index (χ1) is 7.72.